The molecular weight excluding hydrogens is 369 g/mol. The predicted octanol–water partition coefficient (Wildman–Crippen LogP) is 2.86. The standard InChI is InChI=1S/C11H7ClN4O2.C2HF3O2/c12-8-3-4-10-13-9(6-16(10)15-8)14-11(17)7-2-1-5-18-7;3-2(4,5)1(6)7/h1-6H,(H,14,17);(H,6,7). The number of carbonyl (C=O) groups excluding carboxylic acids is 1. The Labute approximate surface area is 141 Å². The third-order valence-electron chi connectivity index (χ3n) is 2.52. The first-order valence-corrected chi connectivity index (χ1v) is 6.71. The van der Waals surface area contributed by atoms with Crippen LogP contribution in [0.4, 0.5) is 19.0 Å². The number of amides is 1. The number of rotatable bonds is 2. The topological polar surface area (TPSA) is 110 Å². The van der Waals surface area contributed by atoms with Gasteiger partial charge in [0.05, 0.1) is 12.5 Å². The third-order valence-corrected chi connectivity index (χ3v) is 2.72. The van der Waals surface area contributed by atoms with Crippen molar-refractivity contribution in [2.45, 2.75) is 6.18 Å². The molecule has 132 valence electrons. The first-order valence-electron chi connectivity index (χ1n) is 6.33. The number of hydrogen-bond acceptors (Lipinski definition) is 5. The molecule has 0 saturated heterocycles. The van der Waals surface area contributed by atoms with Gasteiger partial charge in [-0.15, -0.1) is 0 Å². The van der Waals surface area contributed by atoms with Crippen LogP contribution in [0.1, 0.15) is 10.6 Å². The Hall–Kier alpha value is -3.08. The van der Waals surface area contributed by atoms with Crippen molar-refractivity contribution in [3.8, 4) is 0 Å². The van der Waals surface area contributed by atoms with E-state index < -0.39 is 12.1 Å². The van der Waals surface area contributed by atoms with E-state index in [0.717, 1.165) is 0 Å². The van der Waals surface area contributed by atoms with Gasteiger partial charge in [0, 0.05) is 0 Å². The van der Waals surface area contributed by atoms with Crippen molar-refractivity contribution < 1.29 is 32.3 Å². The highest BCUT2D eigenvalue weighted by molar-refractivity contribution is 6.29. The van der Waals surface area contributed by atoms with Gasteiger partial charge in [0.2, 0.25) is 0 Å². The number of carboxylic acid groups (broad SMARTS) is 1. The van der Waals surface area contributed by atoms with Gasteiger partial charge in [-0.05, 0) is 24.3 Å². The van der Waals surface area contributed by atoms with Crippen molar-refractivity contribution in [1.82, 2.24) is 14.6 Å². The summed E-state index contributed by atoms with van der Waals surface area (Å²) in [4.78, 5) is 24.8. The van der Waals surface area contributed by atoms with Crippen molar-refractivity contribution in [2.75, 3.05) is 5.32 Å². The van der Waals surface area contributed by atoms with E-state index in [9.17, 15) is 18.0 Å². The van der Waals surface area contributed by atoms with Crippen molar-refractivity contribution in [3.05, 3.63) is 47.6 Å². The van der Waals surface area contributed by atoms with Crippen LogP contribution >= 0.6 is 11.6 Å². The zero-order chi connectivity index (χ0) is 18.6. The molecule has 8 nitrogen and oxygen atoms in total. The highest BCUT2D eigenvalue weighted by Crippen LogP contribution is 2.13. The summed E-state index contributed by atoms with van der Waals surface area (Å²) in [7, 11) is 0. The molecule has 0 aliphatic carbocycles. The molecule has 12 heteroatoms. The molecule has 0 radical (unpaired) electrons. The summed E-state index contributed by atoms with van der Waals surface area (Å²) in [5, 5.41) is 14.1. The monoisotopic (exact) mass is 376 g/mol. The quantitative estimate of drug-likeness (QED) is 0.711. The number of alkyl halides is 3. The second-order valence-electron chi connectivity index (χ2n) is 4.32. The molecule has 0 bridgehead atoms. The molecule has 0 atom stereocenters. The second-order valence-corrected chi connectivity index (χ2v) is 4.71. The van der Waals surface area contributed by atoms with Gasteiger partial charge in [-0.3, -0.25) is 4.79 Å². The normalized spacial score (nSPS) is 10.9. The van der Waals surface area contributed by atoms with E-state index in [2.05, 4.69) is 15.4 Å². The number of aromatic nitrogens is 3. The number of anilines is 1. The largest absolute Gasteiger partial charge is 0.490 e. The average Bonchev–Trinajstić information content (AvgIpc) is 3.15. The summed E-state index contributed by atoms with van der Waals surface area (Å²) in [6.45, 7) is 0. The van der Waals surface area contributed by atoms with Crippen LogP contribution in [0.3, 0.4) is 0 Å². The number of nitrogens with zero attached hydrogens (tertiary/aromatic N) is 3. The number of imidazole rings is 1. The average molecular weight is 377 g/mol. The van der Waals surface area contributed by atoms with Crippen molar-refractivity contribution in [2.24, 2.45) is 0 Å². The maximum Gasteiger partial charge on any atom is 0.490 e. The molecule has 0 saturated carbocycles. The summed E-state index contributed by atoms with van der Waals surface area (Å²) in [6.07, 6.45) is -2.08. The molecule has 25 heavy (non-hydrogen) atoms. The Bertz CT molecular complexity index is 892. The Morgan fingerprint density at radius 3 is 2.52 bits per heavy atom. The number of furan rings is 1. The van der Waals surface area contributed by atoms with E-state index in [1.165, 1.54) is 10.8 Å². The summed E-state index contributed by atoms with van der Waals surface area (Å²) < 4.78 is 38.2. The summed E-state index contributed by atoms with van der Waals surface area (Å²) in [6, 6.07) is 6.54. The lowest BCUT2D eigenvalue weighted by Gasteiger charge is -1.96. The smallest absolute Gasteiger partial charge is 0.475 e. The minimum absolute atomic E-state index is 0.220. The Kier molecular flexibility index (Phi) is 5.27. The van der Waals surface area contributed by atoms with Crippen molar-refractivity contribution in [3.63, 3.8) is 0 Å². The Balaban J connectivity index is 0.000000277. The SMILES string of the molecule is O=C(Nc1cn2nc(Cl)ccc2n1)c1ccco1.O=C(O)C(F)(F)F. The van der Waals surface area contributed by atoms with Gasteiger partial charge < -0.3 is 14.8 Å². The molecule has 0 unspecified atom stereocenters. The summed E-state index contributed by atoms with van der Waals surface area (Å²) in [5.74, 6) is -2.52. The van der Waals surface area contributed by atoms with E-state index >= 15 is 0 Å². The minimum atomic E-state index is -5.08. The first-order chi connectivity index (χ1) is 11.7. The maximum atomic E-state index is 11.7. The fraction of sp³-hybridized carbons (Fsp3) is 0.0769. The Morgan fingerprint density at radius 1 is 1.28 bits per heavy atom. The van der Waals surface area contributed by atoms with Gasteiger partial charge >= 0.3 is 12.1 Å². The molecule has 0 spiro atoms. The molecule has 0 aliphatic heterocycles. The summed E-state index contributed by atoms with van der Waals surface area (Å²) in [5.41, 5.74) is 0.592. The predicted molar refractivity (Wildman–Crippen MR) is 78.3 cm³/mol. The van der Waals surface area contributed by atoms with Gasteiger partial charge in [0.25, 0.3) is 5.91 Å². The molecule has 3 heterocycles. The third kappa shape index (κ3) is 4.94. The van der Waals surface area contributed by atoms with E-state index in [0.29, 0.717) is 16.6 Å². The second kappa shape index (κ2) is 7.21. The zero-order valence-electron chi connectivity index (χ0n) is 12.0. The Morgan fingerprint density at radius 2 is 1.96 bits per heavy atom. The molecule has 0 fully saturated rings. The van der Waals surface area contributed by atoms with E-state index in [4.69, 9.17) is 25.9 Å². The van der Waals surface area contributed by atoms with Crippen LogP contribution < -0.4 is 5.32 Å². The lowest BCUT2D eigenvalue weighted by molar-refractivity contribution is -0.192. The van der Waals surface area contributed by atoms with Crippen LogP contribution in [0.5, 0.6) is 0 Å². The van der Waals surface area contributed by atoms with Gasteiger partial charge in [0.15, 0.2) is 17.2 Å². The fourth-order valence-electron chi connectivity index (χ4n) is 1.50. The molecule has 1 amide bonds. The van der Waals surface area contributed by atoms with Crippen LogP contribution in [0.15, 0.2) is 41.1 Å². The van der Waals surface area contributed by atoms with Gasteiger partial charge in [-0.25, -0.2) is 14.3 Å². The van der Waals surface area contributed by atoms with Crippen molar-refractivity contribution >= 4 is 34.9 Å². The zero-order valence-corrected chi connectivity index (χ0v) is 12.7. The number of fused-ring (bicyclic) bond motifs is 1. The maximum absolute atomic E-state index is 11.7. The molecule has 3 aromatic heterocycles. The molecule has 3 rings (SSSR count). The van der Waals surface area contributed by atoms with Gasteiger partial charge in [0.1, 0.15) is 5.15 Å². The number of halogens is 4. The fourth-order valence-corrected chi connectivity index (χ4v) is 1.65. The van der Waals surface area contributed by atoms with E-state index in [1.54, 1.807) is 30.5 Å². The number of carboxylic acids is 1. The molecule has 2 N–H and O–H groups in total. The highest BCUT2D eigenvalue weighted by atomic mass is 35.5. The van der Waals surface area contributed by atoms with E-state index in [-0.39, 0.29) is 11.7 Å². The lowest BCUT2D eigenvalue weighted by Crippen LogP contribution is -2.21. The number of hydrogen-bond donors (Lipinski definition) is 2. The number of aliphatic carboxylic acids is 1. The molecular formula is C13H8ClF3N4O4. The molecule has 3 aromatic rings. The van der Waals surface area contributed by atoms with E-state index in [1.807, 2.05) is 0 Å². The molecule has 0 aromatic carbocycles. The highest BCUT2D eigenvalue weighted by Gasteiger charge is 2.38. The number of carbonyl (C=O) groups is 2. The van der Waals surface area contributed by atoms with Gasteiger partial charge in [-0.2, -0.15) is 18.3 Å². The molecule has 0 aliphatic rings. The van der Waals surface area contributed by atoms with Gasteiger partial charge in [-0.1, -0.05) is 11.6 Å². The number of nitrogens with one attached hydrogen (secondary N) is 1. The summed E-state index contributed by atoms with van der Waals surface area (Å²) >= 11 is 5.75. The van der Waals surface area contributed by atoms with Crippen LogP contribution in [-0.4, -0.2) is 37.8 Å². The van der Waals surface area contributed by atoms with Crippen molar-refractivity contribution in [1.29, 1.82) is 0 Å². The minimum Gasteiger partial charge on any atom is -0.475 e. The van der Waals surface area contributed by atoms with Crippen LogP contribution in [0, 0.1) is 0 Å². The first kappa shape index (κ1) is 18.3. The van der Waals surface area contributed by atoms with Crippen LogP contribution in [0.25, 0.3) is 5.65 Å². The lowest BCUT2D eigenvalue weighted by atomic mass is 10.4. The van der Waals surface area contributed by atoms with Crippen LogP contribution in [0.2, 0.25) is 5.15 Å². The van der Waals surface area contributed by atoms with Crippen LogP contribution in [-0.2, 0) is 4.79 Å².